The Hall–Kier alpha value is -2.35. The van der Waals surface area contributed by atoms with E-state index in [1.807, 2.05) is 30.3 Å². The first-order valence-corrected chi connectivity index (χ1v) is 6.21. The van der Waals surface area contributed by atoms with Crippen LogP contribution < -0.4 is 0 Å². The molecule has 0 saturated carbocycles. The van der Waals surface area contributed by atoms with E-state index >= 15 is 0 Å². The van der Waals surface area contributed by atoms with E-state index in [9.17, 15) is 4.79 Å². The summed E-state index contributed by atoms with van der Waals surface area (Å²) in [7, 11) is 0. The zero-order valence-electron chi connectivity index (χ0n) is 10.8. The van der Waals surface area contributed by atoms with Gasteiger partial charge in [0, 0.05) is 5.57 Å². The summed E-state index contributed by atoms with van der Waals surface area (Å²) in [6.45, 7) is 1.61. The van der Waals surface area contributed by atoms with Crippen LogP contribution in [0.25, 0.3) is 11.1 Å². The van der Waals surface area contributed by atoms with Gasteiger partial charge in [0.2, 0.25) is 0 Å². The minimum absolute atomic E-state index is 0.380. The molecule has 0 radical (unpaired) electrons. The molecule has 2 nitrogen and oxygen atoms in total. The topological polar surface area (TPSA) is 37.3 Å². The van der Waals surface area contributed by atoms with Crippen molar-refractivity contribution in [3.8, 4) is 11.1 Å². The molecule has 0 aliphatic carbocycles. The summed E-state index contributed by atoms with van der Waals surface area (Å²) in [5.74, 6) is -0.862. The lowest BCUT2D eigenvalue weighted by molar-refractivity contribution is -0.132. The maximum atomic E-state index is 10.7. The summed E-state index contributed by atoms with van der Waals surface area (Å²) in [6.07, 6.45) is 2.38. The Kier molecular flexibility index (Phi) is 4.14. The van der Waals surface area contributed by atoms with E-state index in [1.54, 1.807) is 13.0 Å². The molecule has 1 N–H and O–H groups in total. The first-order valence-electron chi connectivity index (χ1n) is 6.21. The minimum Gasteiger partial charge on any atom is -0.478 e. The largest absolute Gasteiger partial charge is 0.478 e. The van der Waals surface area contributed by atoms with E-state index < -0.39 is 5.97 Å². The minimum atomic E-state index is -0.862. The summed E-state index contributed by atoms with van der Waals surface area (Å²) in [5.41, 5.74) is 3.81. The van der Waals surface area contributed by atoms with Gasteiger partial charge in [-0.05, 0) is 30.0 Å². The van der Waals surface area contributed by atoms with Crippen LogP contribution in [0.2, 0.25) is 0 Å². The number of carboxylic acid groups (broad SMARTS) is 1. The van der Waals surface area contributed by atoms with Gasteiger partial charge in [0.1, 0.15) is 0 Å². The number of carbonyl (C=O) groups is 1. The van der Waals surface area contributed by atoms with Crippen LogP contribution in [0.4, 0.5) is 0 Å². The fourth-order valence-corrected chi connectivity index (χ4v) is 1.87. The number of rotatable bonds is 4. The Morgan fingerprint density at radius 2 is 1.74 bits per heavy atom. The van der Waals surface area contributed by atoms with Crippen LogP contribution >= 0.6 is 0 Å². The summed E-state index contributed by atoms with van der Waals surface area (Å²) >= 11 is 0. The SMILES string of the molecule is CC(=CCc1cccc(-c2ccccc2)c1)C(=O)O. The molecule has 2 rings (SSSR count). The highest BCUT2D eigenvalue weighted by Gasteiger charge is 2.01. The average Bonchev–Trinajstić information content (AvgIpc) is 2.46. The second-order valence-corrected chi connectivity index (χ2v) is 4.46. The lowest BCUT2D eigenvalue weighted by atomic mass is 10.0. The van der Waals surface area contributed by atoms with Gasteiger partial charge < -0.3 is 5.11 Å². The van der Waals surface area contributed by atoms with Crippen molar-refractivity contribution in [3.63, 3.8) is 0 Å². The Morgan fingerprint density at radius 3 is 2.42 bits per heavy atom. The fourth-order valence-electron chi connectivity index (χ4n) is 1.87. The highest BCUT2D eigenvalue weighted by Crippen LogP contribution is 2.20. The van der Waals surface area contributed by atoms with Crippen molar-refractivity contribution in [2.24, 2.45) is 0 Å². The summed E-state index contributed by atoms with van der Waals surface area (Å²) in [6, 6.07) is 18.3. The number of aliphatic carboxylic acids is 1. The van der Waals surface area contributed by atoms with Gasteiger partial charge in [-0.15, -0.1) is 0 Å². The third-order valence-corrected chi connectivity index (χ3v) is 3.02. The summed E-state index contributed by atoms with van der Waals surface area (Å²) in [5, 5.41) is 8.82. The van der Waals surface area contributed by atoms with Crippen LogP contribution in [0.3, 0.4) is 0 Å². The number of benzene rings is 2. The maximum absolute atomic E-state index is 10.7. The molecule has 2 aromatic carbocycles. The molecule has 2 heteroatoms. The van der Waals surface area contributed by atoms with Gasteiger partial charge in [-0.25, -0.2) is 4.79 Å². The molecule has 0 bridgehead atoms. The highest BCUT2D eigenvalue weighted by molar-refractivity contribution is 5.85. The normalized spacial score (nSPS) is 11.3. The Morgan fingerprint density at radius 1 is 1.05 bits per heavy atom. The molecule has 0 saturated heterocycles. The van der Waals surface area contributed by atoms with Crippen LogP contribution in [0.15, 0.2) is 66.2 Å². The van der Waals surface area contributed by atoms with Gasteiger partial charge in [0.15, 0.2) is 0 Å². The van der Waals surface area contributed by atoms with E-state index in [1.165, 1.54) is 5.56 Å². The molecule has 96 valence electrons. The molecule has 0 aromatic heterocycles. The summed E-state index contributed by atoms with van der Waals surface area (Å²) in [4.78, 5) is 10.7. The quantitative estimate of drug-likeness (QED) is 0.837. The zero-order valence-corrected chi connectivity index (χ0v) is 10.8. The number of hydrogen-bond acceptors (Lipinski definition) is 1. The third kappa shape index (κ3) is 3.55. The molecular weight excluding hydrogens is 236 g/mol. The Balaban J connectivity index is 2.21. The van der Waals surface area contributed by atoms with Crippen LogP contribution in [-0.4, -0.2) is 11.1 Å². The van der Waals surface area contributed by atoms with Crippen molar-refractivity contribution < 1.29 is 9.90 Å². The predicted molar refractivity (Wildman–Crippen MR) is 77.0 cm³/mol. The molecule has 2 aromatic rings. The highest BCUT2D eigenvalue weighted by atomic mass is 16.4. The molecule has 0 aliphatic rings. The van der Waals surface area contributed by atoms with Gasteiger partial charge in [0.05, 0.1) is 0 Å². The van der Waals surface area contributed by atoms with E-state index in [0.29, 0.717) is 12.0 Å². The van der Waals surface area contributed by atoms with E-state index in [2.05, 4.69) is 24.3 Å². The van der Waals surface area contributed by atoms with Gasteiger partial charge in [-0.2, -0.15) is 0 Å². The number of allylic oxidation sites excluding steroid dienone is 1. The first kappa shape index (κ1) is 13.1. The van der Waals surface area contributed by atoms with Crippen molar-refractivity contribution in [1.82, 2.24) is 0 Å². The third-order valence-electron chi connectivity index (χ3n) is 3.02. The number of carboxylic acids is 1. The van der Waals surface area contributed by atoms with Gasteiger partial charge >= 0.3 is 5.97 Å². The van der Waals surface area contributed by atoms with Crippen LogP contribution in [-0.2, 0) is 11.2 Å². The zero-order chi connectivity index (χ0) is 13.7. The maximum Gasteiger partial charge on any atom is 0.330 e. The van der Waals surface area contributed by atoms with E-state index in [0.717, 1.165) is 11.1 Å². The molecule has 0 atom stereocenters. The average molecular weight is 252 g/mol. The first-order chi connectivity index (χ1) is 9.16. The standard InChI is InChI=1S/C17H16O2/c1-13(17(18)19)10-11-14-6-5-9-16(12-14)15-7-3-2-4-8-15/h2-10,12H,11H2,1H3,(H,18,19). The molecule has 0 fully saturated rings. The van der Waals surface area contributed by atoms with E-state index in [-0.39, 0.29) is 0 Å². The van der Waals surface area contributed by atoms with Gasteiger partial charge in [-0.3, -0.25) is 0 Å². The number of hydrogen-bond donors (Lipinski definition) is 1. The van der Waals surface area contributed by atoms with Crippen molar-refractivity contribution in [1.29, 1.82) is 0 Å². The summed E-state index contributed by atoms with van der Waals surface area (Å²) < 4.78 is 0. The van der Waals surface area contributed by atoms with Crippen LogP contribution in [0, 0.1) is 0 Å². The van der Waals surface area contributed by atoms with Crippen LogP contribution in [0.1, 0.15) is 12.5 Å². The Labute approximate surface area is 113 Å². The molecule has 0 amide bonds. The fraction of sp³-hybridized carbons (Fsp3) is 0.118. The van der Waals surface area contributed by atoms with Crippen molar-refractivity contribution >= 4 is 5.97 Å². The molecule has 19 heavy (non-hydrogen) atoms. The molecule has 0 unspecified atom stereocenters. The van der Waals surface area contributed by atoms with E-state index in [4.69, 9.17) is 5.11 Å². The van der Waals surface area contributed by atoms with Crippen LogP contribution in [0.5, 0.6) is 0 Å². The van der Waals surface area contributed by atoms with Crippen molar-refractivity contribution in [3.05, 3.63) is 71.8 Å². The Bertz CT molecular complexity index is 598. The van der Waals surface area contributed by atoms with Gasteiger partial charge in [0.25, 0.3) is 0 Å². The van der Waals surface area contributed by atoms with Gasteiger partial charge in [-0.1, -0.05) is 60.7 Å². The monoisotopic (exact) mass is 252 g/mol. The second-order valence-electron chi connectivity index (χ2n) is 4.46. The lowest BCUT2D eigenvalue weighted by Gasteiger charge is -2.04. The van der Waals surface area contributed by atoms with Crippen molar-refractivity contribution in [2.75, 3.05) is 0 Å². The molecule has 0 heterocycles. The second kappa shape index (κ2) is 6.01. The predicted octanol–water partition coefficient (Wildman–Crippen LogP) is 3.93. The smallest absolute Gasteiger partial charge is 0.330 e. The van der Waals surface area contributed by atoms with Crippen molar-refractivity contribution in [2.45, 2.75) is 13.3 Å². The lowest BCUT2D eigenvalue weighted by Crippen LogP contribution is -1.96. The molecular formula is C17H16O2. The molecule has 0 spiro atoms. The molecule has 0 aliphatic heterocycles.